The molecule has 0 aliphatic heterocycles. The Morgan fingerprint density at radius 2 is 1.87 bits per heavy atom. The van der Waals surface area contributed by atoms with Gasteiger partial charge in [-0.15, -0.1) is 0 Å². The molecule has 0 saturated heterocycles. The minimum Gasteiger partial charge on any atom is -0.348 e. The average Bonchev–Trinajstić information content (AvgIpc) is 2.75. The highest BCUT2D eigenvalue weighted by molar-refractivity contribution is 7.89. The van der Waals surface area contributed by atoms with Gasteiger partial charge in [0.15, 0.2) is 11.6 Å². The van der Waals surface area contributed by atoms with Crippen molar-refractivity contribution >= 4 is 39.1 Å². The van der Waals surface area contributed by atoms with Crippen LogP contribution in [0.3, 0.4) is 0 Å². The van der Waals surface area contributed by atoms with Crippen molar-refractivity contribution in [1.82, 2.24) is 15.3 Å². The largest absolute Gasteiger partial charge is 0.348 e. The number of rotatable bonds is 8. The van der Waals surface area contributed by atoms with Crippen molar-refractivity contribution in [1.29, 1.82) is 0 Å². The lowest BCUT2D eigenvalue weighted by atomic mass is 10.2. The van der Waals surface area contributed by atoms with E-state index in [1.54, 1.807) is 30.3 Å². The average molecular weight is 442 g/mol. The van der Waals surface area contributed by atoms with E-state index < -0.39 is 15.8 Å². The van der Waals surface area contributed by atoms with E-state index in [0.717, 1.165) is 11.8 Å². The summed E-state index contributed by atoms with van der Waals surface area (Å²) in [6, 6.07) is 12.7. The fourth-order valence-electron chi connectivity index (χ4n) is 2.50. The zero-order valence-electron chi connectivity index (χ0n) is 16.2. The first-order valence-corrected chi connectivity index (χ1v) is 10.5. The number of nitrogens with two attached hydrogens (primary N) is 1. The molecule has 1 aromatic heterocycles. The van der Waals surface area contributed by atoms with E-state index in [9.17, 15) is 17.6 Å². The van der Waals surface area contributed by atoms with Gasteiger partial charge in [-0.1, -0.05) is 24.8 Å². The van der Waals surface area contributed by atoms with E-state index >= 15 is 0 Å². The smallest absolute Gasteiger partial charge is 0.243 e. The maximum atomic E-state index is 14.2. The minimum atomic E-state index is -3.87. The molecule has 0 fully saturated rings. The molecule has 0 bridgehead atoms. The predicted molar refractivity (Wildman–Crippen MR) is 115 cm³/mol. The molecule has 160 valence electrons. The number of hydrogen-bond acceptors (Lipinski definition) is 7. The fraction of sp³-hybridized carbons (Fsp3) is 0.0500. The van der Waals surface area contributed by atoms with Crippen molar-refractivity contribution in [2.75, 3.05) is 10.6 Å². The summed E-state index contributed by atoms with van der Waals surface area (Å²) in [6.07, 6.45) is 2.17. The number of carbonyl (C=O) groups excluding carboxylic acids is 1. The number of carbonyl (C=O) groups is 1. The molecule has 0 unspecified atom stereocenters. The SMILES string of the molecule is C=CC(=O)NCc1ccc(Nc2nc(Nc3cccc(S(N)(=O)=O)c3)ncc2F)cc1. The summed E-state index contributed by atoms with van der Waals surface area (Å²) >= 11 is 0. The van der Waals surface area contributed by atoms with Gasteiger partial charge in [0.25, 0.3) is 0 Å². The Morgan fingerprint density at radius 1 is 1.13 bits per heavy atom. The number of halogens is 1. The second-order valence-corrected chi connectivity index (χ2v) is 7.89. The quantitative estimate of drug-likeness (QED) is 0.393. The lowest BCUT2D eigenvalue weighted by Gasteiger charge is -2.11. The van der Waals surface area contributed by atoms with Crippen LogP contribution >= 0.6 is 0 Å². The number of hydrogen-bond donors (Lipinski definition) is 4. The van der Waals surface area contributed by atoms with Crippen LogP contribution in [0.1, 0.15) is 5.56 Å². The van der Waals surface area contributed by atoms with Crippen LogP contribution in [0, 0.1) is 5.82 Å². The van der Waals surface area contributed by atoms with E-state index in [0.29, 0.717) is 17.9 Å². The van der Waals surface area contributed by atoms with Crippen molar-refractivity contribution in [2.45, 2.75) is 11.4 Å². The highest BCUT2D eigenvalue weighted by Gasteiger charge is 2.11. The Balaban J connectivity index is 1.73. The first-order valence-electron chi connectivity index (χ1n) is 8.93. The Bertz CT molecular complexity index is 1220. The summed E-state index contributed by atoms with van der Waals surface area (Å²) < 4.78 is 37.1. The summed E-state index contributed by atoms with van der Waals surface area (Å²) in [7, 11) is -3.87. The first-order chi connectivity index (χ1) is 14.7. The van der Waals surface area contributed by atoms with Gasteiger partial charge in [0.05, 0.1) is 11.1 Å². The number of anilines is 4. The van der Waals surface area contributed by atoms with Gasteiger partial charge in [-0.05, 0) is 42.0 Å². The molecular weight excluding hydrogens is 423 g/mol. The molecule has 0 aliphatic rings. The van der Waals surface area contributed by atoms with Crippen LogP contribution in [-0.2, 0) is 21.4 Å². The number of amides is 1. The fourth-order valence-corrected chi connectivity index (χ4v) is 3.06. The molecule has 0 saturated carbocycles. The number of sulfonamides is 1. The van der Waals surface area contributed by atoms with Gasteiger partial charge in [0.2, 0.25) is 21.9 Å². The molecule has 11 heteroatoms. The molecule has 0 aliphatic carbocycles. The Labute approximate surface area is 178 Å². The molecule has 9 nitrogen and oxygen atoms in total. The highest BCUT2D eigenvalue weighted by Crippen LogP contribution is 2.22. The summed E-state index contributed by atoms with van der Waals surface area (Å²) in [5, 5.41) is 13.5. The van der Waals surface area contributed by atoms with E-state index in [-0.39, 0.29) is 22.6 Å². The summed E-state index contributed by atoms with van der Waals surface area (Å²) in [5.41, 5.74) is 1.79. The Morgan fingerprint density at radius 3 is 2.55 bits per heavy atom. The Hall–Kier alpha value is -3.83. The molecule has 0 spiro atoms. The molecule has 2 aromatic carbocycles. The zero-order chi connectivity index (χ0) is 22.4. The summed E-state index contributed by atoms with van der Waals surface area (Å²) in [6.45, 7) is 3.72. The molecule has 3 rings (SSSR count). The molecule has 1 amide bonds. The number of primary sulfonamides is 1. The van der Waals surface area contributed by atoms with Crippen LogP contribution in [0.15, 0.2) is 72.3 Å². The van der Waals surface area contributed by atoms with E-state index in [1.807, 2.05) is 0 Å². The van der Waals surface area contributed by atoms with Crippen LogP contribution in [0.5, 0.6) is 0 Å². The van der Waals surface area contributed by atoms with E-state index in [2.05, 4.69) is 32.5 Å². The van der Waals surface area contributed by atoms with Gasteiger partial charge in [0.1, 0.15) is 0 Å². The van der Waals surface area contributed by atoms with Crippen LogP contribution in [0.2, 0.25) is 0 Å². The third-order valence-corrected chi connectivity index (χ3v) is 4.94. The number of nitrogens with one attached hydrogen (secondary N) is 3. The van der Waals surface area contributed by atoms with Crippen LogP contribution in [0.4, 0.5) is 27.5 Å². The van der Waals surface area contributed by atoms with Gasteiger partial charge in [-0.25, -0.2) is 22.9 Å². The third-order valence-electron chi connectivity index (χ3n) is 4.03. The van der Waals surface area contributed by atoms with Gasteiger partial charge in [0, 0.05) is 17.9 Å². The second kappa shape index (κ2) is 9.32. The maximum absolute atomic E-state index is 14.2. The normalized spacial score (nSPS) is 10.9. The number of nitrogens with zero attached hydrogens (tertiary/aromatic N) is 2. The van der Waals surface area contributed by atoms with Crippen LogP contribution in [0.25, 0.3) is 0 Å². The Kier molecular flexibility index (Phi) is 6.58. The van der Waals surface area contributed by atoms with Gasteiger partial charge < -0.3 is 16.0 Å². The lowest BCUT2D eigenvalue weighted by molar-refractivity contribution is -0.116. The highest BCUT2D eigenvalue weighted by atomic mass is 32.2. The molecule has 0 radical (unpaired) electrons. The molecular formula is C20H19FN6O3S. The van der Waals surface area contributed by atoms with Gasteiger partial charge in [-0.3, -0.25) is 4.79 Å². The molecule has 31 heavy (non-hydrogen) atoms. The summed E-state index contributed by atoms with van der Waals surface area (Å²) in [5.74, 6) is -0.974. The predicted octanol–water partition coefficient (Wildman–Crippen LogP) is 2.55. The van der Waals surface area contributed by atoms with Crippen molar-refractivity contribution in [3.8, 4) is 0 Å². The number of benzene rings is 2. The van der Waals surface area contributed by atoms with Crippen molar-refractivity contribution in [2.24, 2.45) is 5.14 Å². The van der Waals surface area contributed by atoms with E-state index in [4.69, 9.17) is 5.14 Å². The van der Waals surface area contributed by atoms with Gasteiger partial charge >= 0.3 is 0 Å². The minimum absolute atomic E-state index is 0.0548. The first kappa shape index (κ1) is 21.9. The van der Waals surface area contributed by atoms with Crippen molar-refractivity contribution in [3.63, 3.8) is 0 Å². The molecule has 5 N–H and O–H groups in total. The van der Waals surface area contributed by atoms with Crippen molar-refractivity contribution in [3.05, 3.63) is 78.8 Å². The maximum Gasteiger partial charge on any atom is 0.243 e. The standard InChI is InChI=1S/C20H19FN6O3S/c1-2-18(28)23-11-13-6-8-14(9-7-13)25-19-17(21)12-24-20(27-19)26-15-4-3-5-16(10-15)31(22,29)30/h2-10,12H,1,11H2,(H,23,28)(H2,22,29,30)(H2,24,25,26,27). The molecule has 3 aromatic rings. The number of aromatic nitrogens is 2. The topological polar surface area (TPSA) is 139 Å². The second-order valence-electron chi connectivity index (χ2n) is 6.33. The van der Waals surface area contributed by atoms with Crippen LogP contribution < -0.4 is 21.1 Å². The monoisotopic (exact) mass is 442 g/mol. The van der Waals surface area contributed by atoms with Crippen molar-refractivity contribution < 1.29 is 17.6 Å². The zero-order valence-corrected chi connectivity index (χ0v) is 17.0. The van der Waals surface area contributed by atoms with Gasteiger partial charge in [-0.2, -0.15) is 4.98 Å². The van der Waals surface area contributed by atoms with Crippen LogP contribution in [-0.4, -0.2) is 24.3 Å². The third kappa shape index (κ3) is 6.07. The van der Waals surface area contributed by atoms with E-state index in [1.165, 1.54) is 24.3 Å². The molecule has 0 atom stereocenters. The molecule has 1 heterocycles. The summed E-state index contributed by atoms with van der Waals surface area (Å²) in [4.78, 5) is 19.1. The lowest BCUT2D eigenvalue weighted by Crippen LogP contribution is -2.19.